The van der Waals surface area contributed by atoms with Crippen LogP contribution in [0.5, 0.6) is 5.75 Å². The first-order chi connectivity index (χ1) is 9.04. The summed E-state index contributed by atoms with van der Waals surface area (Å²) in [5, 5.41) is 11.3. The molecule has 0 aliphatic carbocycles. The zero-order valence-corrected chi connectivity index (χ0v) is 11.3. The Morgan fingerprint density at radius 2 is 2.00 bits per heavy atom. The van der Waals surface area contributed by atoms with Gasteiger partial charge >= 0.3 is 6.01 Å². The van der Waals surface area contributed by atoms with E-state index in [9.17, 15) is 0 Å². The molecule has 0 fully saturated rings. The van der Waals surface area contributed by atoms with Crippen LogP contribution in [0.2, 0.25) is 0 Å². The van der Waals surface area contributed by atoms with Crippen molar-refractivity contribution in [2.24, 2.45) is 0 Å². The predicted octanol–water partition coefficient (Wildman–Crippen LogP) is 2.91. The number of hydrogen-bond donors (Lipinski definition) is 1. The fourth-order valence-corrected chi connectivity index (χ4v) is 2.02. The van der Waals surface area contributed by atoms with Crippen molar-refractivity contribution in [2.45, 2.75) is 32.2 Å². The Balaban J connectivity index is 1.78. The molecule has 0 saturated carbocycles. The smallest absolute Gasteiger partial charge is 0.316 e. The summed E-state index contributed by atoms with van der Waals surface area (Å²) in [6, 6.07) is 8.47. The lowest BCUT2D eigenvalue weighted by Crippen LogP contribution is -2.12. The molecule has 1 N–H and O–H groups in total. The third-order valence-corrected chi connectivity index (χ3v) is 3.06. The minimum atomic E-state index is -0.142. The van der Waals surface area contributed by atoms with Gasteiger partial charge in [0.25, 0.3) is 0 Å². The highest BCUT2D eigenvalue weighted by molar-refractivity contribution is 5.43. The molecule has 2 heterocycles. The standard InChI is InChI=1S/C14H17N3O2/c1-14(2,3)12-16-17-13(19-12)15-10-8-18-11-7-5-4-6-9(10)11/h4-7,10H,8H2,1-3H3,(H,15,17)/t10-/m1/s1. The summed E-state index contributed by atoms with van der Waals surface area (Å²) in [4.78, 5) is 0. The van der Waals surface area contributed by atoms with Gasteiger partial charge in [-0.15, -0.1) is 5.10 Å². The third-order valence-electron chi connectivity index (χ3n) is 3.06. The van der Waals surface area contributed by atoms with Gasteiger partial charge in [-0.05, 0) is 6.07 Å². The SMILES string of the molecule is CC(C)(C)c1nnc(N[C@@H]2COc3ccccc32)o1. The molecule has 100 valence electrons. The van der Waals surface area contributed by atoms with Gasteiger partial charge in [-0.3, -0.25) is 0 Å². The minimum absolute atomic E-state index is 0.0597. The number of fused-ring (bicyclic) bond motifs is 1. The monoisotopic (exact) mass is 259 g/mol. The Kier molecular flexibility index (Phi) is 2.69. The molecule has 19 heavy (non-hydrogen) atoms. The average Bonchev–Trinajstić information content (AvgIpc) is 2.97. The van der Waals surface area contributed by atoms with Crippen LogP contribution in [0.3, 0.4) is 0 Å². The van der Waals surface area contributed by atoms with E-state index in [1.807, 2.05) is 45.0 Å². The molecule has 3 rings (SSSR count). The van der Waals surface area contributed by atoms with Crippen LogP contribution in [-0.2, 0) is 5.41 Å². The number of benzene rings is 1. The van der Waals surface area contributed by atoms with E-state index in [2.05, 4.69) is 15.5 Å². The first-order valence-corrected chi connectivity index (χ1v) is 6.36. The van der Waals surface area contributed by atoms with E-state index >= 15 is 0 Å². The maximum absolute atomic E-state index is 5.64. The fraction of sp³-hybridized carbons (Fsp3) is 0.429. The second-order valence-corrected chi connectivity index (χ2v) is 5.71. The number of rotatable bonds is 2. The third kappa shape index (κ3) is 2.28. The number of aromatic nitrogens is 2. The second-order valence-electron chi connectivity index (χ2n) is 5.71. The number of anilines is 1. The highest BCUT2D eigenvalue weighted by Crippen LogP contribution is 2.34. The molecule has 0 saturated heterocycles. The summed E-state index contributed by atoms with van der Waals surface area (Å²) in [5.74, 6) is 1.54. The topological polar surface area (TPSA) is 60.2 Å². The van der Waals surface area contributed by atoms with Crippen LogP contribution in [0, 0.1) is 0 Å². The summed E-state index contributed by atoms with van der Waals surface area (Å²) < 4.78 is 11.2. The number of hydrogen-bond acceptors (Lipinski definition) is 5. The van der Waals surface area contributed by atoms with Crippen LogP contribution in [0.25, 0.3) is 0 Å². The van der Waals surface area contributed by atoms with Crippen LogP contribution in [0.4, 0.5) is 6.01 Å². The van der Waals surface area contributed by atoms with Crippen molar-refractivity contribution in [2.75, 3.05) is 11.9 Å². The molecular weight excluding hydrogens is 242 g/mol. The molecule has 0 unspecified atom stereocenters. The van der Waals surface area contributed by atoms with Crippen molar-refractivity contribution in [1.29, 1.82) is 0 Å². The highest BCUT2D eigenvalue weighted by atomic mass is 16.5. The lowest BCUT2D eigenvalue weighted by molar-refractivity contribution is 0.336. The van der Waals surface area contributed by atoms with Crippen molar-refractivity contribution in [3.63, 3.8) is 0 Å². The first kappa shape index (κ1) is 12.0. The van der Waals surface area contributed by atoms with Gasteiger partial charge in [0.2, 0.25) is 5.89 Å². The van der Waals surface area contributed by atoms with E-state index in [0.717, 1.165) is 11.3 Å². The summed E-state index contributed by atoms with van der Waals surface area (Å²) in [7, 11) is 0. The molecule has 0 spiro atoms. The van der Waals surface area contributed by atoms with E-state index in [0.29, 0.717) is 18.5 Å². The number of nitrogens with zero attached hydrogens (tertiary/aromatic N) is 2. The predicted molar refractivity (Wildman–Crippen MR) is 71.3 cm³/mol. The summed E-state index contributed by atoms with van der Waals surface area (Å²) in [6.07, 6.45) is 0. The van der Waals surface area contributed by atoms with Gasteiger partial charge in [0, 0.05) is 11.0 Å². The van der Waals surface area contributed by atoms with Crippen molar-refractivity contribution >= 4 is 6.01 Å². The molecule has 1 aromatic heterocycles. The van der Waals surface area contributed by atoms with Gasteiger partial charge in [-0.1, -0.05) is 44.1 Å². The van der Waals surface area contributed by atoms with Crippen molar-refractivity contribution in [3.8, 4) is 5.75 Å². The molecule has 0 radical (unpaired) electrons. The summed E-state index contributed by atoms with van der Waals surface area (Å²) >= 11 is 0. The van der Waals surface area contributed by atoms with Gasteiger partial charge in [-0.25, -0.2) is 0 Å². The van der Waals surface area contributed by atoms with E-state index in [-0.39, 0.29) is 11.5 Å². The molecule has 1 aromatic carbocycles. The summed E-state index contributed by atoms with van der Waals surface area (Å²) in [6.45, 7) is 6.70. The molecule has 0 amide bonds. The van der Waals surface area contributed by atoms with Gasteiger partial charge in [0.15, 0.2) is 0 Å². The normalized spacial score (nSPS) is 17.9. The molecule has 1 atom stereocenters. The molecule has 0 bridgehead atoms. The van der Waals surface area contributed by atoms with Gasteiger partial charge in [-0.2, -0.15) is 0 Å². The Morgan fingerprint density at radius 3 is 2.74 bits per heavy atom. The number of para-hydroxylation sites is 1. The molecule has 1 aliphatic heterocycles. The second kappa shape index (κ2) is 4.26. The van der Waals surface area contributed by atoms with E-state index in [1.54, 1.807) is 0 Å². The lowest BCUT2D eigenvalue weighted by atomic mass is 9.97. The van der Waals surface area contributed by atoms with Gasteiger partial charge < -0.3 is 14.5 Å². The molecule has 2 aromatic rings. The molecule has 5 nitrogen and oxygen atoms in total. The van der Waals surface area contributed by atoms with Crippen LogP contribution in [0.1, 0.15) is 38.3 Å². The van der Waals surface area contributed by atoms with Crippen LogP contribution >= 0.6 is 0 Å². The average molecular weight is 259 g/mol. The molecule has 1 aliphatic rings. The van der Waals surface area contributed by atoms with Crippen molar-refractivity contribution < 1.29 is 9.15 Å². The molecular formula is C14H17N3O2. The van der Waals surface area contributed by atoms with Crippen LogP contribution in [-0.4, -0.2) is 16.8 Å². The van der Waals surface area contributed by atoms with Gasteiger partial charge in [0.1, 0.15) is 12.4 Å². The zero-order chi connectivity index (χ0) is 13.5. The summed E-state index contributed by atoms with van der Waals surface area (Å²) in [5.41, 5.74) is 0.981. The quantitative estimate of drug-likeness (QED) is 0.898. The Hall–Kier alpha value is -2.04. The Morgan fingerprint density at radius 1 is 1.21 bits per heavy atom. The maximum atomic E-state index is 5.64. The van der Waals surface area contributed by atoms with E-state index in [4.69, 9.17) is 9.15 Å². The number of ether oxygens (including phenoxy) is 1. The van der Waals surface area contributed by atoms with Crippen LogP contribution in [0.15, 0.2) is 28.7 Å². The number of nitrogens with one attached hydrogen (secondary N) is 1. The largest absolute Gasteiger partial charge is 0.491 e. The first-order valence-electron chi connectivity index (χ1n) is 6.36. The maximum Gasteiger partial charge on any atom is 0.316 e. The van der Waals surface area contributed by atoms with Crippen molar-refractivity contribution in [1.82, 2.24) is 10.2 Å². The fourth-order valence-electron chi connectivity index (χ4n) is 2.02. The minimum Gasteiger partial charge on any atom is -0.491 e. The van der Waals surface area contributed by atoms with E-state index in [1.165, 1.54) is 0 Å². The molecule has 5 heteroatoms. The van der Waals surface area contributed by atoms with Gasteiger partial charge in [0.05, 0.1) is 6.04 Å². The highest BCUT2D eigenvalue weighted by Gasteiger charge is 2.26. The Labute approximate surface area is 112 Å². The lowest BCUT2D eigenvalue weighted by Gasteiger charge is -2.12. The van der Waals surface area contributed by atoms with E-state index < -0.39 is 0 Å². The zero-order valence-electron chi connectivity index (χ0n) is 11.3. The Bertz CT molecular complexity index is 586. The van der Waals surface area contributed by atoms with Crippen LogP contribution < -0.4 is 10.1 Å². The van der Waals surface area contributed by atoms with Crippen molar-refractivity contribution in [3.05, 3.63) is 35.7 Å².